The SMILES string of the molecule is [C-]#[N+]C1(NS(=O)(=O)c2cc(C3=C(F)CN(S(=O)(=O)C(C)C)CC3)c3c(c2)c(-c2nnc(C(F)(F)F)s2)nn3C)CC1. The van der Waals surface area contributed by atoms with Gasteiger partial charge in [-0.1, -0.05) is 11.3 Å². The third-order valence-electron chi connectivity index (χ3n) is 6.89. The monoisotopic (exact) mass is 633 g/mol. The zero-order chi connectivity index (χ0) is 30.1. The van der Waals surface area contributed by atoms with Crippen LogP contribution in [0.4, 0.5) is 17.6 Å². The number of halogens is 4. The summed E-state index contributed by atoms with van der Waals surface area (Å²) in [7, 11) is -6.67. The van der Waals surface area contributed by atoms with Crippen molar-refractivity contribution < 1.29 is 34.4 Å². The molecule has 3 heterocycles. The minimum absolute atomic E-state index is 0.0383. The fourth-order valence-corrected chi connectivity index (χ4v) is 7.89. The summed E-state index contributed by atoms with van der Waals surface area (Å²) >= 11 is 0.218. The van der Waals surface area contributed by atoms with Crippen molar-refractivity contribution in [3.05, 3.63) is 39.9 Å². The summed E-state index contributed by atoms with van der Waals surface area (Å²) in [6.45, 7) is 9.65. The molecule has 41 heavy (non-hydrogen) atoms. The highest BCUT2D eigenvalue weighted by molar-refractivity contribution is 7.89. The Kier molecular flexibility index (Phi) is 7.05. The Bertz CT molecular complexity index is 1850. The lowest BCUT2D eigenvalue weighted by atomic mass is 9.96. The summed E-state index contributed by atoms with van der Waals surface area (Å²) in [6, 6.07) is 2.40. The van der Waals surface area contributed by atoms with Crippen molar-refractivity contribution in [3.63, 3.8) is 0 Å². The number of rotatable bonds is 7. The summed E-state index contributed by atoms with van der Waals surface area (Å²) in [6.07, 6.45) is -4.27. The van der Waals surface area contributed by atoms with Crippen LogP contribution in [-0.4, -0.2) is 65.1 Å². The van der Waals surface area contributed by atoms with Gasteiger partial charge in [-0.25, -0.2) is 27.8 Å². The third kappa shape index (κ3) is 5.25. The number of aryl methyl sites for hydroxylation is 1. The third-order valence-corrected chi connectivity index (χ3v) is 11.6. The van der Waals surface area contributed by atoms with E-state index < -0.39 is 54.5 Å². The normalized spacial score (nSPS) is 18.3. The minimum Gasteiger partial charge on any atom is -0.292 e. The molecule has 1 aliphatic heterocycles. The summed E-state index contributed by atoms with van der Waals surface area (Å²) in [5, 5.41) is 8.91. The van der Waals surface area contributed by atoms with E-state index in [1.54, 1.807) is 0 Å². The number of alkyl halides is 3. The number of hydrogen-bond acceptors (Lipinski definition) is 8. The second kappa shape index (κ2) is 9.80. The summed E-state index contributed by atoms with van der Waals surface area (Å²) < 4.78 is 112. The molecule has 0 unspecified atom stereocenters. The molecular formula is C23H23F4N7O4S3. The zero-order valence-electron chi connectivity index (χ0n) is 21.8. The van der Waals surface area contributed by atoms with Gasteiger partial charge in [0.05, 0.1) is 35.0 Å². The van der Waals surface area contributed by atoms with E-state index in [9.17, 15) is 30.0 Å². The number of aromatic nitrogens is 4. The lowest BCUT2D eigenvalue weighted by Gasteiger charge is -2.29. The topological polar surface area (TPSA) is 132 Å². The van der Waals surface area contributed by atoms with Gasteiger partial charge in [0.1, 0.15) is 11.5 Å². The van der Waals surface area contributed by atoms with E-state index in [-0.39, 0.29) is 61.9 Å². The fourth-order valence-electron chi connectivity index (χ4n) is 4.53. The van der Waals surface area contributed by atoms with Crippen molar-refractivity contribution in [2.75, 3.05) is 13.1 Å². The van der Waals surface area contributed by atoms with E-state index in [4.69, 9.17) is 6.57 Å². The molecule has 1 aliphatic carbocycles. The highest BCUT2D eigenvalue weighted by Crippen LogP contribution is 2.42. The Morgan fingerprint density at radius 1 is 1.17 bits per heavy atom. The van der Waals surface area contributed by atoms with Gasteiger partial charge in [-0.15, -0.1) is 14.9 Å². The highest BCUT2D eigenvalue weighted by atomic mass is 32.2. The quantitative estimate of drug-likeness (QED) is 0.308. The molecule has 1 fully saturated rings. The zero-order valence-corrected chi connectivity index (χ0v) is 24.3. The number of nitrogens with one attached hydrogen (secondary N) is 1. The first-order valence-electron chi connectivity index (χ1n) is 12.2. The predicted molar refractivity (Wildman–Crippen MR) is 142 cm³/mol. The van der Waals surface area contributed by atoms with Crippen LogP contribution in [0.25, 0.3) is 32.0 Å². The number of sulfonamides is 2. The molecule has 3 aromatic rings. The van der Waals surface area contributed by atoms with Gasteiger partial charge < -0.3 is 0 Å². The Balaban J connectivity index is 1.72. The van der Waals surface area contributed by atoms with E-state index in [2.05, 4.69) is 24.9 Å². The lowest BCUT2D eigenvalue weighted by molar-refractivity contribution is -0.138. The van der Waals surface area contributed by atoms with Crippen LogP contribution in [0.1, 0.15) is 43.7 Å². The van der Waals surface area contributed by atoms with Gasteiger partial charge in [0.2, 0.25) is 25.1 Å². The molecule has 2 aliphatic rings. The molecule has 2 aromatic heterocycles. The molecule has 0 spiro atoms. The lowest BCUT2D eigenvalue weighted by Crippen LogP contribution is -2.40. The van der Waals surface area contributed by atoms with Crippen LogP contribution >= 0.6 is 11.3 Å². The molecule has 0 atom stereocenters. The predicted octanol–water partition coefficient (Wildman–Crippen LogP) is 3.92. The van der Waals surface area contributed by atoms with Crippen molar-refractivity contribution in [3.8, 4) is 10.7 Å². The first-order valence-corrected chi connectivity index (χ1v) is 16.0. The maximum atomic E-state index is 15.7. The van der Waals surface area contributed by atoms with E-state index in [1.165, 1.54) is 37.7 Å². The van der Waals surface area contributed by atoms with Crippen molar-refractivity contribution in [1.82, 2.24) is 29.0 Å². The Hall–Kier alpha value is -2.98. The maximum Gasteiger partial charge on any atom is 0.445 e. The van der Waals surface area contributed by atoms with Crippen LogP contribution in [-0.2, 0) is 33.3 Å². The number of nitrogens with zero attached hydrogens (tertiary/aromatic N) is 6. The molecule has 1 N–H and O–H groups in total. The largest absolute Gasteiger partial charge is 0.445 e. The molecule has 5 rings (SSSR count). The Labute approximate surface area is 236 Å². The molecule has 220 valence electrons. The van der Waals surface area contributed by atoms with E-state index >= 15 is 4.39 Å². The Morgan fingerprint density at radius 3 is 2.39 bits per heavy atom. The second-order valence-corrected chi connectivity index (χ2v) is 15.2. The van der Waals surface area contributed by atoms with Crippen LogP contribution in [0, 0.1) is 6.57 Å². The number of hydrogen-bond donors (Lipinski definition) is 1. The van der Waals surface area contributed by atoms with Gasteiger partial charge >= 0.3 is 6.18 Å². The van der Waals surface area contributed by atoms with Crippen molar-refractivity contribution in [2.45, 2.75) is 55.1 Å². The van der Waals surface area contributed by atoms with Crippen LogP contribution in [0.15, 0.2) is 22.9 Å². The van der Waals surface area contributed by atoms with E-state index in [0.717, 1.165) is 4.31 Å². The van der Waals surface area contributed by atoms with Crippen LogP contribution in [0.3, 0.4) is 0 Å². The first-order chi connectivity index (χ1) is 19.0. The van der Waals surface area contributed by atoms with Gasteiger partial charge in [-0.2, -0.15) is 22.6 Å². The van der Waals surface area contributed by atoms with Crippen LogP contribution < -0.4 is 4.72 Å². The summed E-state index contributed by atoms with van der Waals surface area (Å²) in [5.41, 5.74) is -1.07. The van der Waals surface area contributed by atoms with Gasteiger partial charge in [0, 0.05) is 24.5 Å². The number of fused-ring (bicyclic) bond motifs is 1. The molecule has 0 bridgehead atoms. The van der Waals surface area contributed by atoms with E-state index in [1.807, 2.05) is 0 Å². The minimum atomic E-state index is -4.76. The van der Waals surface area contributed by atoms with Crippen LogP contribution in [0.2, 0.25) is 0 Å². The fraction of sp³-hybridized carbons (Fsp3) is 0.478. The molecule has 0 saturated heterocycles. The van der Waals surface area contributed by atoms with Gasteiger partial charge in [-0.3, -0.25) is 9.53 Å². The highest BCUT2D eigenvalue weighted by Gasteiger charge is 2.54. The van der Waals surface area contributed by atoms with Crippen molar-refractivity contribution in [1.29, 1.82) is 0 Å². The van der Waals surface area contributed by atoms with Gasteiger partial charge in [0.25, 0.3) is 5.66 Å². The summed E-state index contributed by atoms with van der Waals surface area (Å²) in [5.74, 6) is -0.804. The smallest absolute Gasteiger partial charge is 0.292 e. The summed E-state index contributed by atoms with van der Waals surface area (Å²) in [4.78, 5) is 3.00. The molecule has 18 heteroatoms. The molecule has 11 nitrogen and oxygen atoms in total. The standard InChI is InChI=1S/C23H23F4N7O4S3/c1-12(2)41(37,38)34-8-5-14(17(24)11-34)15-9-13(40(35,36)32-22(28-3)6-7-22)10-16-18(31-33(4)19(15)16)20-29-30-21(39-20)23(25,26)27/h9-10,12,32H,5-8,11H2,1-2,4H3. The average Bonchev–Trinajstić information content (AvgIpc) is 3.30. The molecule has 1 saturated carbocycles. The molecule has 0 radical (unpaired) electrons. The van der Waals surface area contributed by atoms with Crippen molar-refractivity contribution in [2.24, 2.45) is 7.05 Å². The average molecular weight is 634 g/mol. The van der Waals surface area contributed by atoms with E-state index in [0.29, 0.717) is 12.8 Å². The van der Waals surface area contributed by atoms with Crippen LogP contribution in [0.5, 0.6) is 0 Å². The number of benzene rings is 1. The molecule has 1 aromatic carbocycles. The van der Waals surface area contributed by atoms with Gasteiger partial charge in [0.15, 0.2) is 5.01 Å². The van der Waals surface area contributed by atoms with Crippen molar-refractivity contribution >= 4 is 47.9 Å². The van der Waals surface area contributed by atoms with Gasteiger partial charge in [-0.05, 0) is 38.0 Å². The Morgan fingerprint density at radius 2 is 1.85 bits per heavy atom. The molecule has 0 amide bonds. The second-order valence-electron chi connectivity index (χ2n) is 10.1. The maximum absolute atomic E-state index is 15.7. The first kappa shape index (κ1) is 29.5. The molecular weight excluding hydrogens is 610 g/mol.